The summed E-state index contributed by atoms with van der Waals surface area (Å²) in [6.45, 7) is 1.06. The third-order valence-corrected chi connectivity index (χ3v) is 4.98. The number of nitrogens with one attached hydrogen (secondary N) is 2. The van der Waals surface area contributed by atoms with Crippen LogP contribution in [0.2, 0.25) is 5.02 Å². The van der Waals surface area contributed by atoms with E-state index in [-0.39, 0.29) is 30.3 Å². The normalized spacial score (nSPS) is 14.4. The third kappa shape index (κ3) is 5.33. The summed E-state index contributed by atoms with van der Waals surface area (Å²) in [7, 11) is 0. The van der Waals surface area contributed by atoms with Crippen LogP contribution in [0.25, 0.3) is 0 Å². The van der Waals surface area contributed by atoms with Crippen LogP contribution in [0.4, 0.5) is 0 Å². The van der Waals surface area contributed by atoms with E-state index in [4.69, 9.17) is 11.6 Å². The third-order valence-electron chi connectivity index (χ3n) is 4.73. The molecule has 1 saturated heterocycles. The van der Waals surface area contributed by atoms with E-state index < -0.39 is 0 Å². The van der Waals surface area contributed by atoms with Crippen molar-refractivity contribution < 1.29 is 14.4 Å². The van der Waals surface area contributed by atoms with Crippen molar-refractivity contribution in [2.75, 3.05) is 19.6 Å². The van der Waals surface area contributed by atoms with Crippen LogP contribution in [0.1, 0.15) is 33.6 Å². The Morgan fingerprint density at radius 3 is 2.14 bits per heavy atom. The number of amides is 3. The van der Waals surface area contributed by atoms with Gasteiger partial charge in [-0.2, -0.15) is 0 Å². The number of nitrogens with zero attached hydrogens (tertiary/aromatic N) is 1. The lowest BCUT2D eigenvalue weighted by Gasteiger charge is -2.32. The zero-order valence-corrected chi connectivity index (χ0v) is 16.1. The summed E-state index contributed by atoms with van der Waals surface area (Å²) >= 11 is 5.84. The minimum atomic E-state index is -0.265. The van der Waals surface area contributed by atoms with Crippen LogP contribution in [-0.2, 0) is 4.79 Å². The molecular weight excluding hydrogens is 378 g/mol. The molecule has 3 amide bonds. The molecule has 0 unspecified atom stereocenters. The molecule has 2 aromatic carbocycles. The van der Waals surface area contributed by atoms with Crippen molar-refractivity contribution in [2.45, 2.75) is 18.9 Å². The molecule has 6 nitrogen and oxygen atoms in total. The van der Waals surface area contributed by atoms with E-state index in [0.717, 1.165) is 0 Å². The number of carbonyl (C=O) groups excluding carboxylic acids is 3. The largest absolute Gasteiger partial charge is 0.349 e. The van der Waals surface area contributed by atoms with E-state index in [0.29, 0.717) is 42.1 Å². The highest BCUT2D eigenvalue weighted by molar-refractivity contribution is 6.30. The minimum Gasteiger partial charge on any atom is -0.349 e. The molecule has 0 atom stereocenters. The lowest BCUT2D eigenvalue weighted by atomic mass is 10.0. The molecule has 3 rings (SSSR count). The van der Waals surface area contributed by atoms with Gasteiger partial charge in [0.05, 0.1) is 6.54 Å². The summed E-state index contributed by atoms with van der Waals surface area (Å²) in [6, 6.07) is 15.5. The number of hydrogen-bond acceptors (Lipinski definition) is 3. The number of halogens is 1. The van der Waals surface area contributed by atoms with Gasteiger partial charge in [-0.3, -0.25) is 14.4 Å². The van der Waals surface area contributed by atoms with Gasteiger partial charge in [-0.25, -0.2) is 0 Å². The Morgan fingerprint density at radius 1 is 0.893 bits per heavy atom. The first-order valence-electron chi connectivity index (χ1n) is 9.20. The molecule has 0 bridgehead atoms. The van der Waals surface area contributed by atoms with E-state index in [1.165, 1.54) is 0 Å². The fraction of sp³-hybridized carbons (Fsp3) is 0.286. The van der Waals surface area contributed by atoms with Gasteiger partial charge in [0, 0.05) is 35.3 Å². The second-order valence-corrected chi connectivity index (χ2v) is 7.12. The Labute approximate surface area is 168 Å². The summed E-state index contributed by atoms with van der Waals surface area (Å²) in [5.41, 5.74) is 1.09. The van der Waals surface area contributed by atoms with Gasteiger partial charge in [0.1, 0.15) is 0 Å². The van der Waals surface area contributed by atoms with E-state index in [1.54, 1.807) is 53.4 Å². The molecular formula is C21H22ClN3O3. The monoisotopic (exact) mass is 399 g/mol. The maximum absolute atomic E-state index is 12.3. The SMILES string of the molecule is O=C(NCC(=O)N1CCC(NC(=O)c2ccc(Cl)cc2)CC1)c1ccccc1. The van der Waals surface area contributed by atoms with E-state index in [1.807, 2.05) is 6.07 Å². The van der Waals surface area contributed by atoms with Crippen LogP contribution in [0.3, 0.4) is 0 Å². The molecule has 7 heteroatoms. The zero-order chi connectivity index (χ0) is 19.9. The maximum atomic E-state index is 12.3. The first-order chi connectivity index (χ1) is 13.5. The van der Waals surface area contributed by atoms with Crippen molar-refractivity contribution in [3.8, 4) is 0 Å². The van der Waals surface area contributed by atoms with Gasteiger partial charge in [0.25, 0.3) is 11.8 Å². The van der Waals surface area contributed by atoms with Gasteiger partial charge in [0.2, 0.25) is 5.91 Å². The van der Waals surface area contributed by atoms with Gasteiger partial charge in [-0.15, -0.1) is 0 Å². The Morgan fingerprint density at radius 2 is 1.50 bits per heavy atom. The second kappa shape index (κ2) is 9.37. The standard InChI is InChI=1S/C21H22ClN3O3/c22-17-8-6-16(7-9-17)21(28)24-18-10-12-25(13-11-18)19(26)14-23-20(27)15-4-2-1-3-5-15/h1-9,18H,10-14H2,(H,23,27)(H,24,28). The Hall–Kier alpha value is -2.86. The van der Waals surface area contributed by atoms with Crippen LogP contribution < -0.4 is 10.6 Å². The molecule has 0 spiro atoms. The van der Waals surface area contributed by atoms with E-state index in [2.05, 4.69) is 10.6 Å². The predicted octanol–water partition coefficient (Wildman–Crippen LogP) is 2.49. The fourth-order valence-electron chi connectivity index (χ4n) is 3.10. The molecule has 0 radical (unpaired) electrons. The molecule has 146 valence electrons. The molecule has 1 fully saturated rings. The van der Waals surface area contributed by atoms with Crippen LogP contribution in [0, 0.1) is 0 Å². The molecule has 0 aromatic heterocycles. The summed E-state index contributed by atoms with van der Waals surface area (Å²) in [4.78, 5) is 38.3. The number of likely N-dealkylation sites (tertiary alicyclic amines) is 1. The van der Waals surface area contributed by atoms with Crippen molar-refractivity contribution >= 4 is 29.3 Å². The topological polar surface area (TPSA) is 78.5 Å². The van der Waals surface area contributed by atoms with Crippen molar-refractivity contribution in [1.82, 2.24) is 15.5 Å². The number of benzene rings is 2. The Bertz CT molecular complexity index is 832. The molecule has 2 N–H and O–H groups in total. The van der Waals surface area contributed by atoms with Gasteiger partial charge in [0.15, 0.2) is 0 Å². The second-order valence-electron chi connectivity index (χ2n) is 6.68. The lowest BCUT2D eigenvalue weighted by Crippen LogP contribution is -2.49. The Kier molecular flexibility index (Phi) is 6.66. The fourth-order valence-corrected chi connectivity index (χ4v) is 3.23. The maximum Gasteiger partial charge on any atom is 0.251 e. The number of piperidine rings is 1. The smallest absolute Gasteiger partial charge is 0.251 e. The number of carbonyl (C=O) groups is 3. The molecule has 28 heavy (non-hydrogen) atoms. The molecule has 2 aromatic rings. The summed E-state index contributed by atoms with van der Waals surface area (Å²) in [5, 5.41) is 6.24. The molecule has 0 aliphatic carbocycles. The first kappa shape index (κ1) is 19.9. The molecule has 1 aliphatic rings. The predicted molar refractivity (Wildman–Crippen MR) is 107 cm³/mol. The van der Waals surface area contributed by atoms with E-state index in [9.17, 15) is 14.4 Å². The first-order valence-corrected chi connectivity index (χ1v) is 9.58. The summed E-state index contributed by atoms with van der Waals surface area (Å²) in [5.74, 6) is -0.526. The quantitative estimate of drug-likeness (QED) is 0.810. The average Bonchev–Trinajstić information content (AvgIpc) is 2.73. The van der Waals surface area contributed by atoms with Gasteiger partial charge < -0.3 is 15.5 Å². The molecule has 1 heterocycles. The Balaban J connectivity index is 1.42. The van der Waals surface area contributed by atoms with Crippen LogP contribution in [-0.4, -0.2) is 48.3 Å². The highest BCUT2D eigenvalue weighted by Gasteiger charge is 2.24. The van der Waals surface area contributed by atoms with Gasteiger partial charge >= 0.3 is 0 Å². The summed E-state index contributed by atoms with van der Waals surface area (Å²) in [6.07, 6.45) is 1.36. The highest BCUT2D eigenvalue weighted by Crippen LogP contribution is 2.13. The minimum absolute atomic E-state index is 0.0196. The highest BCUT2D eigenvalue weighted by atomic mass is 35.5. The lowest BCUT2D eigenvalue weighted by molar-refractivity contribution is -0.131. The van der Waals surface area contributed by atoms with E-state index >= 15 is 0 Å². The van der Waals surface area contributed by atoms with Crippen LogP contribution in [0.5, 0.6) is 0 Å². The van der Waals surface area contributed by atoms with Crippen LogP contribution in [0.15, 0.2) is 54.6 Å². The van der Waals surface area contributed by atoms with Gasteiger partial charge in [-0.1, -0.05) is 29.8 Å². The molecule has 0 saturated carbocycles. The molecule has 1 aliphatic heterocycles. The average molecular weight is 400 g/mol. The number of hydrogen-bond donors (Lipinski definition) is 2. The van der Waals surface area contributed by atoms with Crippen LogP contribution >= 0.6 is 11.6 Å². The number of rotatable bonds is 5. The van der Waals surface area contributed by atoms with Gasteiger partial charge in [-0.05, 0) is 49.2 Å². The summed E-state index contributed by atoms with van der Waals surface area (Å²) < 4.78 is 0. The van der Waals surface area contributed by atoms with Crippen molar-refractivity contribution in [2.24, 2.45) is 0 Å². The van der Waals surface area contributed by atoms with Crippen molar-refractivity contribution in [3.63, 3.8) is 0 Å². The van der Waals surface area contributed by atoms with Crippen molar-refractivity contribution in [1.29, 1.82) is 0 Å². The zero-order valence-electron chi connectivity index (χ0n) is 15.4. The van der Waals surface area contributed by atoms with Crippen molar-refractivity contribution in [3.05, 3.63) is 70.7 Å².